The van der Waals surface area contributed by atoms with E-state index in [4.69, 9.17) is 10.3 Å². The largest absolute Gasteiger partial charge is 0.365 e. The Kier molecular flexibility index (Phi) is 2.43. The highest BCUT2D eigenvalue weighted by atomic mass is 16.5. The van der Waals surface area contributed by atoms with Crippen molar-refractivity contribution >= 4 is 5.95 Å². The van der Waals surface area contributed by atoms with Crippen LogP contribution in [0.1, 0.15) is 18.7 Å². The second kappa shape index (κ2) is 3.34. The summed E-state index contributed by atoms with van der Waals surface area (Å²) in [5.74, 6) is 0.990. The zero-order valence-corrected chi connectivity index (χ0v) is 6.66. The lowest BCUT2D eigenvalue weighted by Crippen LogP contribution is -2.14. The molecule has 0 aliphatic heterocycles. The predicted molar refractivity (Wildman–Crippen MR) is 41.1 cm³/mol. The van der Waals surface area contributed by atoms with E-state index in [9.17, 15) is 0 Å². The number of nitrogens with zero attached hydrogens (tertiary/aromatic N) is 2. The smallest absolute Gasteiger partial charge is 0.260 e. The number of hydrogen-bond donors (Lipinski definition) is 2. The summed E-state index contributed by atoms with van der Waals surface area (Å²) in [6.45, 7) is 2.80. The molecule has 0 spiro atoms. The van der Waals surface area contributed by atoms with E-state index in [0.717, 1.165) is 6.54 Å². The van der Waals surface area contributed by atoms with Gasteiger partial charge in [0.2, 0.25) is 5.89 Å². The molecule has 0 bridgehead atoms. The van der Waals surface area contributed by atoms with Gasteiger partial charge in [0, 0.05) is 12.5 Å². The number of rotatable bonds is 3. The minimum absolute atomic E-state index is 0.197. The molecule has 0 aromatic carbocycles. The van der Waals surface area contributed by atoms with Crippen LogP contribution in [-0.4, -0.2) is 23.7 Å². The monoisotopic (exact) mass is 156 g/mol. The van der Waals surface area contributed by atoms with Crippen LogP contribution in [0.15, 0.2) is 4.52 Å². The summed E-state index contributed by atoms with van der Waals surface area (Å²) in [6.07, 6.45) is 0. The first-order valence-corrected chi connectivity index (χ1v) is 3.47. The third-order valence-electron chi connectivity index (χ3n) is 1.39. The summed E-state index contributed by atoms with van der Waals surface area (Å²) in [4.78, 5) is 3.89. The van der Waals surface area contributed by atoms with E-state index in [0.29, 0.717) is 5.89 Å². The van der Waals surface area contributed by atoms with Gasteiger partial charge in [-0.25, -0.2) is 0 Å². The highest BCUT2D eigenvalue weighted by molar-refractivity contribution is 5.11. The van der Waals surface area contributed by atoms with Crippen molar-refractivity contribution in [2.24, 2.45) is 0 Å². The van der Waals surface area contributed by atoms with Gasteiger partial charge in [0.25, 0.3) is 5.95 Å². The highest BCUT2D eigenvalue weighted by Crippen LogP contribution is 2.11. The van der Waals surface area contributed by atoms with Crippen molar-refractivity contribution in [3.05, 3.63) is 5.89 Å². The Morgan fingerprint density at radius 2 is 2.45 bits per heavy atom. The fourth-order valence-electron chi connectivity index (χ4n) is 0.841. The van der Waals surface area contributed by atoms with E-state index in [2.05, 4.69) is 15.5 Å². The molecule has 0 saturated carbocycles. The number of likely N-dealkylation sites (N-methyl/N-ethyl adjacent to an activating group) is 1. The average Bonchev–Trinajstić information content (AvgIpc) is 2.36. The minimum Gasteiger partial charge on any atom is -0.365 e. The Morgan fingerprint density at radius 3 is 2.91 bits per heavy atom. The van der Waals surface area contributed by atoms with E-state index < -0.39 is 0 Å². The van der Waals surface area contributed by atoms with E-state index >= 15 is 0 Å². The zero-order chi connectivity index (χ0) is 8.27. The Labute approximate surface area is 65.0 Å². The topological polar surface area (TPSA) is 77.0 Å². The Bertz CT molecular complexity index is 222. The van der Waals surface area contributed by atoms with Crippen molar-refractivity contribution in [2.45, 2.75) is 12.8 Å². The summed E-state index contributed by atoms with van der Waals surface area (Å²) >= 11 is 0. The van der Waals surface area contributed by atoms with Crippen LogP contribution >= 0.6 is 0 Å². The first kappa shape index (κ1) is 8.00. The fraction of sp³-hybridized carbons (Fsp3) is 0.667. The van der Waals surface area contributed by atoms with Gasteiger partial charge in [-0.1, -0.05) is 6.92 Å². The molecule has 3 N–H and O–H groups in total. The number of hydrogen-bond acceptors (Lipinski definition) is 5. The second-order valence-electron chi connectivity index (χ2n) is 2.45. The quantitative estimate of drug-likeness (QED) is 0.642. The van der Waals surface area contributed by atoms with Crippen LogP contribution in [0.5, 0.6) is 0 Å². The fourth-order valence-corrected chi connectivity index (χ4v) is 0.841. The Hall–Kier alpha value is -1.10. The Morgan fingerprint density at radius 1 is 1.73 bits per heavy atom. The van der Waals surface area contributed by atoms with Crippen molar-refractivity contribution in [1.29, 1.82) is 0 Å². The standard InChI is InChI=1S/C6H12N4O/c1-4(3-8-2)5-9-6(7)10-11-5/h4,8H,3H2,1-2H3,(H2,7,10). The number of aromatic nitrogens is 2. The van der Waals surface area contributed by atoms with Gasteiger partial charge in [0.15, 0.2) is 0 Å². The van der Waals surface area contributed by atoms with E-state index in [1.165, 1.54) is 0 Å². The van der Waals surface area contributed by atoms with Gasteiger partial charge in [0.05, 0.1) is 0 Å². The van der Waals surface area contributed by atoms with Gasteiger partial charge < -0.3 is 15.6 Å². The zero-order valence-electron chi connectivity index (χ0n) is 6.66. The molecule has 1 aromatic heterocycles. The van der Waals surface area contributed by atoms with Crippen LogP contribution in [0.3, 0.4) is 0 Å². The van der Waals surface area contributed by atoms with Gasteiger partial charge in [0.1, 0.15) is 0 Å². The second-order valence-corrected chi connectivity index (χ2v) is 2.45. The molecule has 0 aliphatic carbocycles. The maximum Gasteiger partial charge on any atom is 0.260 e. The molecule has 0 aliphatic rings. The lowest BCUT2D eigenvalue weighted by molar-refractivity contribution is 0.357. The van der Waals surface area contributed by atoms with Crippen LogP contribution < -0.4 is 11.1 Å². The molecule has 62 valence electrons. The van der Waals surface area contributed by atoms with Gasteiger partial charge in [-0.3, -0.25) is 0 Å². The molecule has 0 fully saturated rings. The van der Waals surface area contributed by atoms with Crippen molar-refractivity contribution in [2.75, 3.05) is 19.3 Å². The van der Waals surface area contributed by atoms with E-state index in [1.807, 2.05) is 14.0 Å². The predicted octanol–water partition coefficient (Wildman–Crippen LogP) is -0.0253. The van der Waals surface area contributed by atoms with Crippen LogP contribution in [0, 0.1) is 0 Å². The lowest BCUT2D eigenvalue weighted by atomic mass is 10.2. The molecule has 1 unspecified atom stereocenters. The maximum atomic E-state index is 5.28. The summed E-state index contributed by atoms with van der Waals surface area (Å²) in [5, 5.41) is 6.49. The van der Waals surface area contributed by atoms with Crippen molar-refractivity contribution in [3.8, 4) is 0 Å². The lowest BCUT2D eigenvalue weighted by Gasteiger charge is -2.02. The third-order valence-corrected chi connectivity index (χ3v) is 1.39. The molecule has 5 nitrogen and oxygen atoms in total. The number of nitrogens with two attached hydrogens (primary N) is 1. The van der Waals surface area contributed by atoms with Crippen LogP contribution in [0.25, 0.3) is 0 Å². The van der Waals surface area contributed by atoms with Crippen LogP contribution in [0.4, 0.5) is 5.95 Å². The van der Waals surface area contributed by atoms with Crippen molar-refractivity contribution < 1.29 is 4.52 Å². The van der Waals surface area contributed by atoms with Crippen molar-refractivity contribution in [3.63, 3.8) is 0 Å². The molecule has 1 aromatic rings. The Balaban J connectivity index is 2.60. The van der Waals surface area contributed by atoms with Gasteiger partial charge in [-0.15, -0.1) is 0 Å². The SMILES string of the molecule is CNCC(C)c1nc(N)no1. The summed E-state index contributed by atoms with van der Waals surface area (Å²) in [6, 6.07) is 0. The third kappa shape index (κ3) is 1.91. The molecule has 0 amide bonds. The first-order valence-electron chi connectivity index (χ1n) is 3.47. The summed E-state index contributed by atoms with van der Waals surface area (Å²) in [5.41, 5.74) is 5.28. The number of nitrogen functional groups attached to an aromatic ring is 1. The van der Waals surface area contributed by atoms with Crippen LogP contribution in [0.2, 0.25) is 0 Å². The molecule has 0 saturated heterocycles. The average molecular weight is 156 g/mol. The molecular weight excluding hydrogens is 144 g/mol. The molecule has 1 atom stereocenters. The number of anilines is 1. The summed E-state index contributed by atoms with van der Waals surface area (Å²) < 4.78 is 4.85. The van der Waals surface area contributed by atoms with Gasteiger partial charge in [-0.05, 0) is 12.2 Å². The van der Waals surface area contributed by atoms with Crippen LogP contribution in [-0.2, 0) is 0 Å². The van der Waals surface area contributed by atoms with E-state index in [-0.39, 0.29) is 11.9 Å². The molecular formula is C6H12N4O. The highest BCUT2D eigenvalue weighted by Gasteiger charge is 2.11. The molecule has 1 rings (SSSR count). The van der Waals surface area contributed by atoms with Gasteiger partial charge in [-0.2, -0.15) is 4.98 Å². The van der Waals surface area contributed by atoms with Gasteiger partial charge >= 0.3 is 0 Å². The molecule has 5 heteroatoms. The molecule has 1 heterocycles. The minimum atomic E-state index is 0.197. The summed E-state index contributed by atoms with van der Waals surface area (Å²) in [7, 11) is 1.87. The van der Waals surface area contributed by atoms with Crippen molar-refractivity contribution in [1.82, 2.24) is 15.5 Å². The first-order chi connectivity index (χ1) is 5.24. The molecule has 0 radical (unpaired) electrons. The molecule has 11 heavy (non-hydrogen) atoms. The van der Waals surface area contributed by atoms with E-state index in [1.54, 1.807) is 0 Å². The maximum absolute atomic E-state index is 5.28. The normalized spacial score (nSPS) is 13.3. The number of nitrogens with one attached hydrogen (secondary N) is 1.